The van der Waals surface area contributed by atoms with Crippen LogP contribution in [0.2, 0.25) is 0 Å². The Labute approximate surface area is 157 Å². The summed E-state index contributed by atoms with van der Waals surface area (Å²) in [6.07, 6.45) is 4.17. The van der Waals surface area contributed by atoms with Crippen molar-refractivity contribution in [2.75, 3.05) is 13.1 Å². The maximum atomic E-state index is 12.0. The van der Waals surface area contributed by atoms with Crippen molar-refractivity contribution in [2.45, 2.75) is 0 Å². The van der Waals surface area contributed by atoms with Crippen LogP contribution in [0.3, 0.4) is 0 Å². The van der Waals surface area contributed by atoms with Gasteiger partial charge in [0.05, 0.1) is 11.1 Å². The normalized spacial score (nSPS) is 10.3. The van der Waals surface area contributed by atoms with Crippen molar-refractivity contribution in [3.8, 4) is 11.4 Å². The third kappa shape index (κ3) is 4.49. The molecule has 3 aromatic rings. The van der Waals surface area contributed by atoms with Crippen molar-refractivity contribution in [2.24, 2.45) is 0 Å². The quantitative estimate of drug-likeness (QED) is 0.337. The van der Waals surface area contributed by atoms with Gasteiger partial charge in [-0.3, -0.25) is 24.7 Å². The summed E-state index contributed by atoms with van der Waals surface area (Å²) < 4.78 is 4.89. The number of carbonyl (C=O) groups excluding carboxylic acids is 2. The first-order valence-electron chi connectivity index (χ1n) is 7.95. The van der Waals surface area contributed by atoms with E-state index >= 15 is 0 Å². The predicted molar refractivity (Wildman–Crippen MR) is 93.1 cm³/mol. The van der Waals surface area contributed by atoms with Crippen molar-refractivity contribution in [1.82, 2.24) is 30.7 Å². The molecule has 2 amide bonds. The molecule has 2 heterocycles. The van der Waals surface area contributed by atoms with E-state index in [-0.39, 0.29) is 36.2 Å². The highest BCUT2D eigenvalue weighted by Crippen LogP contribution is 2.19. The molecule has 0 radical (unpaired) electrons. The zero-order valence-corrected chi connectivity index (χ0v) is 14.2. The topological polar surface area (TPSA) is 166 Å². The lowest BCUT2D eigenvalue weighted by atomic mass is 10.2. The summed E-state index contributed by atoms with van der Waals surface area (Å²) in [5, 5.41) is 19.4. The maximum Gasteiger partial charge on any atom is 0.316 e. The molecule has 1 aromatic carbocycles. The molecule has 0 unspecified atom stereocenters. The lowest BCUT2D eigenvalue weighted by Crippen LogP contribution is -2.35. The van der Waals surface area contributed by atoms with Gasteiger partial charge in [0.25, 0.3) is 11.6 Å². The van der Waals surface area contributed by atoms with Crippen LogP contribution in [0.1, 0.15) is 21.2 Å². The second-order valence-corrected chi connectivity index (χ2v) is 5.33. The van der Waals surface area contributed by atoms with Crippen LogP contribution in [-0.2, 0) is 0 Å². The van der Waals surface area contributed by atoms with Gasteiger partial charge in [-0.1, -0.05) is 5.16 Å². The monoisotopic (exact) mass is 383 g/mol. The summed E-state index contributed by atoms with van der Waals surface area (Å²) in [5.41, 5.74) is 0.553. The van der Waals surface area contributed by atoms with Gasteiger partial charge in [-0.25, -0.2) is 4.98 Å². The Hall–Kier alpha value is -4.22. The number of nitro groups is 1. The molecule has 0 aliphatic heterocycles. The average Bonchev–Trinajstić information content (AvgIpc) is 3.22. The molecule has 142 valence electrons. The van der Waals surface area contributed by atoms with Gasteiger partial charge >= 0.3 is 11.8 Å². The van der Waals surface area contributed by atoms with E-state index in [1.165, 1.54) is 42.9 Å². The standard InChI is InChI=1S/C16H13N7O5/c24-14(12-9-17-5-6-18-12)19-7-8-20-15(25)16-21-13(22-28-16)10-1-3-11(4-2-10)23(26)27/h1-6,9H,7-8H2,(H,19,24)(H,20,25). The molecule has 0 aliphatic rings. The fourth-order valence-electron chi connectivity index (χ4n) is 2.10. The SMILES string of the molecule is O=C(NCCNC(=O)c1nc(-c2ccc([N+](=O)[O-])cc2)no1)c1cnccn1. The van der Waals surface area contributed by atoms with Gasteiger partial charge in [-0.2, -0.15) is 4.98 Å². The molecule has 12 heteroatoms. The minimum atomic E-state index is -0.616. The lowest BCUT2D eigenvalue weighted by Gasteiger charge is -2.04. The first kappa shape index (κ1) is 18.6. The Bertz CT molecular complexity index is 988. The molecule has 2 aromatic heterocycles. The number of nitro benzene ring substituents is 1. The van der Waals surface area contributed by atoms with Crippen LogP contribution in [0.4, 0.5) is 5.69 Å². The molecule has 28 heavy (non-hydrogen) atoms. The molecule has 0 bridgehead atoms. The Morgan fingerprint density at radius 2 is 1.79 bits per heavy atom. The predicted octanol–water partition coefficient (Wildman–Crippen LogP) is 0.595. The molecule has 0 atom stereocenters. The van der Waals surface area contributed by atoms with Crippen molar-refractivity contribution in [1.29, 1.82) is 0 Å². The summed E-state index contributed by atoms with van der Waals surface area (Å²) in [7, 11) is 0. The lowest BCUT2D eigenvalue weighted by molar-refractivity contribution is -0.384. The fraction of sp³-hybridized carbons (Fsp3) is 0.125. The molecule has 3 rings (SSSR count). The first-order valence-corrected chi connectivity index (χ1v) is 7.95. The second kappa shape index (κ2) is 8.44. The molecule has 0 aliphatic carbocycles. The Morgan fingerprint density at radius 1 is 1.07 bits per heavy atom. The minimum absolute atomic E-state index is 0.0752. The highest BCUT2D eigenvalue weighted by Gasteiger charge is 2.16. The minimum Gasteiger partial charge on any atom is -0.349 e. The zero-order valence-electron chi connectivity index (χ0n) is 14.2. The van der Waals surface area contributed by atoms with Crippen LogP contribution in [0.15, 0.2) is 47.4 Å². The molecule has 0 saturated carbocycles. The third-order valence-corrected chi connectivity index (χ3v) is 3.45. The number of benzene rings is 1. The summed E-state index contributed by atoms with van der Waals surface area (Å²) in [5.74, 6) is -1.18. The number of nitrogens with zero attached hydrogens (tertiary/aromatic N) is 5. The van der Waals surface area contributed by atoms with Crippen LogP contribution in [-0.4, -0.2) is 49.9 Å². The van der Waals surface area contributed by atoms with E-state index < -0.39 is 16.7 Å². The summed E-state index contributed by atoms with van der Waals surface area (Å²) in [4.78, 5) is 45.5. The van der Waals surface area contributed by atoms with Gasteiger partial charge in [-0.05, 0) is 12.1 Å². The van der Waals surface area contributed by atoms with E-state index in [9.17, 15) is 19.7 Å². The highest BCUT2D eigenvalue weighted by atomic mass is 16.6. The molecule has 0 fully saturated rings. The zero-order chi connectivity index (χ0) is 19.9. The van der Waals surface area contributed by atoms with E-state index in [4.69, 9.17) is 4.52 Å². The number of carbonyl (C=O) groups is 2. The van der Waals surface area contributed by atoms with E-state index in [0.29, 0.717) is 5.56 Å². The summed E-state index contributed by atoms with van der Waals surface area (Å²) in [6, 6.07) is 5.50. The van der Waals surface area contributed by atoms with Gasteiger partial charge in [0, 0.05) is 43.2 Å². The number of aromatic nitrogens is 4. The summed E-state index contributed by atoms with van der Waals surface area (Å²) in [6.45, 7) is 0.282. The smallest absolute Gasteiger partial charge is 0.316 e. The molecular formula is C16H13N7O5. The van der Waals surface area contributed by atoms with E-state index in [0.717, 1.165) is 0 Å². The van der Waals surface area contributed by atoms with Gasteiger partial charge in [-0.15, -0.1) is 0 Å². The number of hydrogen-bond donors (Lipinski definition) is 2. The van der Waals surface area contributed by atoms with Crippen LogP contribution in [0.25, 0.3) is 11.4 Å². The largest absolute Gasteiger partial charge is 0.349 e. The van der Waals surface area contributed by atoms with Crippen LogP contribution >= 0.6 is 0 Å². The number of rotatable bonds is 7. The van der Waals surface area contributed by atoms with Crippen LogP contribution < -0.4 is 10.6 Å². The maximum absolute atomic E-state index is 12.0. The number of non-ortho nitro benzene ring substituents is 1. The highest BCUT2D eigenvalue weighted by molar-refractivity contribution is 5.92. The van der Waals surface area contributed by atoms with E-state index in [2.05, 4.69) is 30.7 Å². The van der Waals surface area contributed by atoms with E-state index in [1.807, 2.05) is 0 Å². The molecule has 12 nitrogen and oxygen atoms in total. The Kier molecular flexibility index (Phi) is 5.60. The fourth-order valence-corrected chi connectivity index (χ4v) is 2.10. The Balaban J connectivity index is 1.50. The van der Waals surface area contributed by atoms with Crippen LogP contribution in [0, 0.1) is 10.1 Å². The van der Waals surface area contributed by atoms with Gasteiger partial charge in [0.15, 0.2) is 0 Å². The average molecular weight is 383 g/mol. The molecule has 2 N–H and O–H groups in total. The molecule has 0 saturated heterocycles. The van der Waals surface area contributed by atoms with E-state index in [1.54, 1.807) is 0 Å². The van der Waals surface area contributed by atoms with Gasteiger partial charge in [0.1, 0.15) is 5.69 Å². The third-order valence-electron chi connectivity index (χ3n) is 3.45. The number of amides is 2. The van der Waals surface area contributed by atoms with Gasteiger partial charge < -0.3 is 15.2 Å². The Morgan fingerprint density at radius 3 is 2.43 bits per heavy atom. The van der Waals surface area contributed by atoms with Crippen molar-refractivity contribution in [3.05, 3.63) is 64.6 Å². The molecular weight excluding hydrogens is 370 g/mol. The van der Waals surface area contributed by atoms with Crippen molar-refractivity contribution < 1.29 is 19.0 Å². The number of hydrogen-bond acceptors (Lipinski definition) is 9. The van der Waals surface area contributed by atoms with Crippen LogP contribution in [0.5, 0.6) is 0 Å². The van der Waals surface area contributed by atoms with Gasteiger partial charge in [0.2, 0.25) is 5.82 Å². The number of nitrogens with one attached hydrogen (secondary N) is 2. The van der Waals surface area contributed by atoms with Crippen molar-refractivity contribution in [3.63, 3.8) is 0 Å². The van der Waals surface area contributed by atoms with Crippen molar-refractivity contribution >= 4 is 17.5 Å². The molecule has 0 spiro atoms. The first-order chi connectivity index (χ1) is 13.5. The summed E-state index contributed by atoms with van der Waals surface area (Å²) >= 11 is 0. The second-order valence-electron chi connectivity index (χ2n) is 5.33.